The summed E-state index contributed by atoms with van der Waals surface area (Å²) in [5.74, 6) is 0.0312. The van der Waals surface area contributed by atoms with E-state index in [1.54, 1.807) is 26.0 Å². The monoisotopic (exact) mass is 248 g/mol. The lowest BCUT2D eigenvalue weighted by molar-refractivity contribution is 0.0941. The van der Waals surface area contributed by atoms with Gasteiger partial charge >= 0.3 is 0 Å². The third-order valence-electron chi connectivity index (χ3n) is 2.74. The van der Waals surface area contributed by atoms with Crippen molar-refractivity contribution in [1.29, 1.82) is 0 Å². The van der Waals surface area contributed by atoms with Crippen molar-refractivity contribution in [2.24, 2.45) is 0 Å². The quantitative estimate of drug-likeness (QED) is 0.907. The molecule has 94 valence electrons. The topological polar surface area (TPSA) is 55.1 Å². The molecule has 1 aromatic carbocycles. The van der Waals surface area contributed by atoms with Gasteiger partial charge in [0.1, 0.15) is 11.6 Å². The van der Waals surface area contributed by atoms with Crippen molar-refractivity contribution < 1.29 is 13.7 Å². The van der Waals surface area contributed by atoms with Crippen LogP contribution >= 0.6 is 0 Å². The molecule has 0 aliphatic carbocycles. The summed E-state index contributed by atoms with van der Waals surface area (Å²) in [7, 11) is 0. The average Bonchev–Trinajstić information content (AvgIpc) is 2.69. The van der Waals surface area contributed by atoms with Crippen molar-refractivity contribution in [3.8, 4) is 0 Å². The molecule has 1 amide bonds. The minimum absolute atomic E-state index is 0.287. The van der Waals surface area contributed by atoms with E-state index in [9.17, 15) is 9.18 Å². The zero-order chi connectivity index (χ0) is 13.1. The highest BCUT2D eigenvalue weighted by Crippen LogP contribution is 2.11. The van der Waals surface area contributed by atoms with Crippen LogP contribution in [0.5, 0.6) is 0 Å². The van der Waals surface area contributed by atoms with Crippen LogP contribution in [0.2, 0.25) is 0 Å². The predicted molar refractivity (Wildman–Crippen MR) is 63.5 cm³/mol. The normalized spacial score (nSPS) is 10.4. The molecular formula is C13H13FN2O2. The molecule has 18 heavy (non-hydrogen) atoms. The van der Waals surface area contributed by atoms with Gasteiger partial charge in [0.05, 0.1) is 0 Å². The Balaban J connectivity index is 2.00. The Morgan fingerprint density at radius 1 is 1.33 bits per heavy atom. The maximum atomic E-state index is 12.7. The van der Waals surface area contributed by atoms with E-state index in [-0.39, 0.29) is 17.4 Å². The van der Waals surface area contributed by atoms with E-state index in [2.05, 4.69) is 10.5 Å². The zero-order valence-corrected chi connectivity index (χ0v) is 10.2. The van der Waals surface area contributed by atoms with Crippen molar-refractivity contribution in [3.05, 3.63) is 52.7 Å². The fourth-order valence-electron chi connectivity index (χ4n) is 1.50. The molecule has 0 aliphatic heterocycles. The van der Waals surface area contributed by atoms with Crippen molar-refractivity contribution in [3.63, 3.8) is 0 Å². The summed E-state index contributed by atoms with van der Waals surface area (Å²) in [5, 5.41) is 6.40. The highest BCUT2D eigenvalue weighted by Gasteiger charge is 2.15. The fourth-order valence-corrected chi connectivity index (χ4v) is 1.50. The molecule has 4 nitrogen and oxygen atoms in total. The number of hydrogen-bond donors (Lipinski definition) is 1. The van der Waals surface area contributed by atoms with Gasteiger partial charge in [-0.05, 0) is 31.5 Å². The first kappa shape index (κ1) is 12.3. The second kappa shape index (κ2) is 5.00. The highest BCUT2D eigenvalue weighted by atomic mass is 19.1. The van der Waals surface area contributed by atoms with Crippen molar-refractivity contribution in [2.75, 3.05) is 0 Å². The molecule has 0 saturated carbocycles. The largest absolute Gasteiger partial charge is 0.361 e. The first-order valence-corrected chi connectivity index (χ1v) is 5.53. The summed E-state index contributed by atoms with van der Waals surface area (Å²) in [5.41, 5.74) is 1.84. The lowest BCUT2D eigenvalue weighted by Crippen LogP contribution is -2.23. The van der Waals surface area contributed by atoms with Crippen LogP contribution in [0.1, 0.15) is 27.4 Å². The molecule has 5 heteroatoms. The summed E-state index contributed by atoms with van der Waals surface area (Å²) in [6.45, 7) is 3.85. The second-order valence-electron chi connectivity index (χ2n) is 4.02. The van der Waals surface area contributed by atoms with E-state index in [0.29, 0.717) is 12.3 Å². The lowest BCUT2D eigenvalue weighted by atomic mass is 10.2. The Kier molecular flexibility index (Phi) is 3.41. The first-order valence-electron chi connectivity index (χ1n) is 5.53. The number of aromatic nitrogens is 1. The van der Waals surface area contributed by atoms with Gasteiger partial charge in [0.25, 0.3) is 5.91 Å². The Hall–Kier alpha value is -2.17. The molecule has 0 aliphatic rings. The van der Waals surface area contributed by atoms with Crippen LogP contribution < -0.4 is 5.32 Å². The number of nitrogens with zero attached hydrogens (tertiary/aromatic N) is 1. The van der Waals surface area contributed by atoms with E-state index in [1.807, 2.05) is 0 Å². The summed E-state index contributed by atoms with van der Waals surface area (Å²) in [6.07, 6.45) is 0. The number of carbonyl (C=O) groups is 1. The van der Waals surface area contributed by atoms with Crippen LogP contribution in [0.25, 0.3) is 0 Å². The van der Waals surface area contributed by atoms with E-state index in [4.69, 9.17) is 4.52 Å². The molecule has 1 heterocycles. The lowest BCUT2D eigenvalue weighted by Gasteiger charge is -2.03. The van der Waals surface area contributed by atoms with Crippen LogP contribution in [0, 0.1) is 19.7 Å². The van der Waals surface area contributed by atoms with E-state index < -0.39 is 0 Å². The number of halogens is 1. The van der Waals surface area contributed by atoms with E-state index in [0.717, 1.165) is 11.1 Å². The Labute approximate surface area is 104 Å². The van der Waals surface area contributed by atoms with Crippen LogP contribution in [-0.4, -0.2) is 11.1 Å². The van der Waals surface area contributed by atoms with Crippen molar-refractivity contribution >= 4 is 5.91 Å². The molecule has 0 unspecified atom stereocenters. The van der Waals surface area contributed by atoms with E-state index >= 15 is 0 Å². The van der Waals surface area contributed by atoms with Crippen LogP contribution in [0.3, 0.4) is 0 Å². The molecule has 0 radical (unpaired) electrons. The van der Waals surface area contributed by atoms with Crippen molar-refractivity contribution in [2.45, 2.75) is 20.4 Å². The van der Waals surface area contributed by atoms with Gasteiger partial charge in [-0.15, -0.1) is 0 Å². The van der Waals surface area contributed by atoms with Crippen molar-refractivity contribution in [1.82, 2.24) is 10.5 Å². The molecule has 1 N–H and O–H groups in total. The van der Waals surface area contributed by atoms with Gasteiger partial charge in [0.2, 0.25) is 0 Å². The number of aryl methyl sites for hydroxylation is 1. The minimum atomic E-state index is -0.298. The zero-order valence-electron chi connectivity index (χ0n) is 10.2. The molecule has 0 spiro atoms. The number of carbonyl (C=O) groups excluding carboxylic acids is 1. The fraction of sp³-hybridized carbons (Fsp3) is 0.231. The third kappa shape index (κ3) is 2.56. The summed E-state index contributed by atoms with van der Waals surface area (Å²) >= 11 is 0. The second-order valence-corrected chi connectivity index (χ2v) is 4.02. The van der Waals surface area contributed by atoms with Crippen LogP contribution in [0.4, 0.5) is 4.39 Å². The number of amides is 1. The maximum Gasteiger partial charge on any atom is 0.274 e. The summed E-state index contributed by atoms with van der Waals surface area (Å²) in [6, 6.07) is 5.95. The standard InChI is InChI=1S/C13H13FN2O2/c1-8-9(2)18-16-12(8)13(17)15-7-10-3-5-11(14)6-4-10/h3-6H,7H2,1-2H3,(H,15,17). The smallest absolute Gasteiger partial charge is 0.274 e. The molecule has 0 atom stereocenters. The molecule has 2 aromatic rings. The summed E-state index contributed by atoms with van der Waals surface area (Å²) < 4.78 is 17.6. The summed E-state index contributed by atoms with van der Waals surface area (Å²) in [4.78, 5) is 11.8. The number of hydrogen-bond acceptors (Lipinski definition) is 3. The van der Waals surface area contributed by atoms with Gasteiger partial charge in [-0.2, -0.15) is 0 Å². The van der Waals surface area contributed by atoms with Gasteiger partial charge in [-0.3, -0.25) is 4.79 Å². The van der Waals surface area contributed by atoms with Gasteiger partial charge in [0.15, 0.2) is 5.69 Å². The molecular weight excluding hydrogens is 235 g/mol. The average molecular weight is 248 g/mol. The Morgan fingerprint density at radius 2 is 2.00 bits per heavy atom. The number of rotatable bonds is 3. The number of benzene rings is 1. The molecule has 0 bridgehead atoms. The Bertz CT molecular complexity index is 561. The highest BCUT2D eigenvalue weighted by molar-refractivity contribution is 5.93. The van der Waals surface area contributed by atoms with Gasteiger partial charge in [-0.25, -0.2) is 4.39 Å². The van der Waals surface area contributed by atoms with Gasteiger partial charge in [-0.1, -0.05) is 17.3 Å². The Morgan fingerprint density at radius 3 is 2.56 bits per heavy atom. The van der Waals surface area contributed by atoms with Gasteiger partial charge in [0, 0.05) is 12.1 Å². The number of nitrogens with one attached hydrogen (secondary N) is 1. The first-order chi connectivity index (χ1) is 8.58. The van der Waals surface area contributed by atoms with Gasteiger partial charge < -0.3 is 9.84 Å². The van der Waals surface area contributed by atoms with E-state index in [1.165, 1.54) is 12.1 Å². The van der Waals surface area contributed by atoms with Crippen LogP contribution in [0.15, 0.2) is 28.8 Å². The maximum absolute atomic E-state index is 12.7. The SMILES string of the molecule is Cc1onc(C(=O)NCc2ccc(F)cc2)c1C. The molecule has 0 saturated heterocycles. The minimum Gasteiger partial charge on any atom is -0.361 e. The molecule has 1 aromatic heterocycles. The predicted octanol–water partition coefficient (Wildman–Crippen LogP) is 2.36. The van der Waals surface area contributed by atoms with Crippen LogP contribution in [-0.2, 0) is 6.54 Å². The third-order valence-corrected chi connectivity index (χ3v) is 2.74. The molecule has 2 rings (SSSR count). The molecule has 0 fully saturated rings.